The van der Waals surface area contributed by atoms with Gasteiger partial charge in [-0.25, -0.2) is 0 Å². The summed E-state index contributed by atoms with van der Waals surface area (Å²) in [6.45, 7) is 9.85. The number of ketones is 1. The summed E-state index contributed by atoms with van der Waals surface area (Å²) in [6.07, 6.45) is 8.11. The van der Waals surface area contributed by atoms with E-state index in [2.05, 4.69) is 32.9 Å². The van der Waals surface area contributed by atoms with Crippen LogP contribution < -0.4 is 5.11 Å². The second-order valence-electron chi connectivity index (χ2n) is 7.03. The number of benzene rings is 1. The van der Waals surface area contributed by atoms with E-state index in [9.17, 15) is 9.90 Å². The molecule has 0 fully saturated rings. The number of carbonyl (C=O) groups excluding carboxylic acids is 1. The highest BCUT2D eigenvalue weighted by atomic mass is 31.2. The van der Waals surface area contributed by atoms with Gasteiger partial charge in [-0.05, 0) is 32.3 Å². The molecule has 0 radical (unpaired) electrons. The first-order chi connectivity index (χ1) is 11.9. The smallest absolute Gasteiger partial charge is 0.159 e. The van der Waals surface area contributed by atoms with Crippen LogP contribution in [0.3, 0.4) is 0 Å². The van der Waals surface area contributed by atoms with Crippen molar-refractivity contribution in [3.05, 3.63) is 47.2 Å². The van der Waals surface area contributed by atoms with Crippen LogP contribution in [0.4, 0.5) is 0 Å². The first kappa shape index (κ1) is 21.9. The Morgan fingerprint density at radius 1 is 1.00 bits per heavy atom. The van der Waals surface area contributed by atoms with Crippen LogP contribution >= 0.6 is 7.26 Å². The van der Waals surface area contributed by atoms with Crippen molar-refractivity contribution in [3.8, 4) is 0 Å². The first-order valence-corrected chi connectivity index (χ1v) is 12.1. The molecule has 1 aromatic rings. The minimum atomic E-state index is -1.48. The number of unbranched alkanes of at least 4 members (excludes halogenated alkanes) is 2. The standard InChI is InChI=1S/C22H35O2P/c1-6-9-16-25(8-3,17-10-7-2)22(20-14-12-11-13-15-20)21(18(4)23)19(5)24/h11-15,22H,6-10,16-17H2,1-5H3. The number of Topliss-reactive ketones (excluding diaryl/α,β-unsaturated/α-hetero) is 1. The second kappa shape index (κ2) is 10.8. The summed E-state index contributed by atoms with van der Waals surface area (Å²) in [7, 11) is -1.48. The lowest BCUT2D eigenvalue weighted by Crippen LogP contribution is -2.23. The zero-order valence-electron chi connectivity index (χ0n) is 16.7. The summed E-state index contributed by atoms with van der Waals surface area (Å²) >= 11 is 0. The molecular formula is C22H35O2P. The van der Waals surface area contributed by atoms with Crippen LogP contribution in [0.25, 0.3) is 0 Å². The molecule has 0 saturated heterocycles. The fourth-order valence-electron chi connectivity index (χ4n) is 3.84. The highest BCUT2D eigenvalue weighted by Crippen LogP contribution is 2.72. The molecule has 0 saturated carbocycles. The third-order valence-corrected chi connectivity index (χ3v) is 10.6. The van der Waals surface area contributed by atoms with E-state index >= 15 is 0 Å². The van der Waals surface area contributed by atoms with Gasteiger partial charge in [0.25, 0.3) is 0 Å². The van der Waals surface area contributed by atoms with Crippen molar-refractivity contribution in [2.45, 2.75) is 66.0 Å². The van der Waals surface area contributed by atoms with Gasteiger partial charge in [0.2, 0.25) is 0 Å². The Kier molecular flexibility index (Phi) is 9.43. The lowest BCUT2D eigenvalue weighted by molar-refractivity contribution is -0.303. The summed E-state index contributed by atoms with van der Waals surface area (Å²) in [5, 5.41) is 12.5. The monoisotopic (exact) mass is 362 g/mol. The molecule has 1 aromatic carbocycles. The quantitative estimate of drug-likeness (QED) is 0.292. The van der Waals surface area contributed by atoms with E-state index in [1.54, 1.807) is 13.8 Å². The van der Waals surface area contributed by atoms with Crippen molar-refractivity contribution in [3.63, 3.8) is 0 Å². The molecule has 1 rings (SSSR count). The average Bonchev–Trinajstić information content (AvgIpc) is 2.60. The molecule has 0 heterocycles. The van der Waals surface area contributed by atoms with E-state index in [-0.39, 0.29) is 17.2 Å². The minimum Gasteiger partial charge on any atom is -0.875 e. The van der Waals surface area contributed by atoms with Crippen LogP contribution in [0.1, 0.15) is 71.5 Å². The number of allylic oxidation sites excluding steroid dienone is 2. The second-order valence-corrected chi connectivity index (χ2v) is 11.5. The Labute approximate surface area is 155 Å². The topological polar surface area (TPSA) is 40.1 Å². The molecule has 3 heteroatoms. The van der Waals surface area contributed by atoms with Crippen LogP contribution in [0.15, 0.2) is 41.7 Å². The molecule has 1 atom stereocenters. The normalized spacial score (nSPS) is 14.1. The minimum absolute atomic E-state index is 0.00630. The Balaban J connectivity index is 3.58. The molecule has 0 amide bonds. The average molecular weight is 362 g/mol. The molecule has 25 heavy (non-hydrogen) atoms. The number of rotatable bonds is 11. The van der Waals surface area contributed by atoms with Crippen LogP contribution in [-0.2, 0) is 4.79 Å². The van der Waals surface area contributed by atoms with Crippen molar-refractivity contribution in [1.82, 2.24) is 0 Å². The van der Waals surface area contributed by atoms with Gasteiger partial charge in [0.1, 0.15) is 5.66 Å². The molecule has 2 nitrogen and oxygen atoms in total. The lowest BCUT2D eigenvalue weighted by atomic mass is 10.0. The predicted octanol–water partition coefficient (Wildman–Crippen LogP) is 5.59. The number of carbonyl (C=O) groups is 1. The van der Waals surface area contributed by atoms with Gasteiger partial charge in [-0.2, -0.15) is 0 Å². The largest absolute Gasteiger partial charge is 0.875 e. The zero-order valence-corrected chi connectivity index (χ0v) is 17.6. The molecule has 0 spiro atoms. The first-order valence-electron chi connectivity index (χ1n) is 9.72. The zero-order chi connectivity index (χ0) is 18.9. The van der Waals surface area contributed by atoms with E-state index in [0.29, 0.717) is 5.57 Å². The molecule has 0 aliphatic heterocycles. The molecule has 140 valence electrons. The molecule has 0 aliphatic carbocycles. The van der Waals surface area contributed by atoms with Crippen molar-refractivity contribution in [1.29, 1.82) is 0 Å². The fourth-order valence-corrected chi connectivity index (χ4v) is 9.19. The van der Waals surface area contributed by atoms with Crippen molar-refractivity contribution in [2.75, 3.05) is 18.5 Å². The highest BCUT2D eigenvalue weighted by molar-refractivity contribution is 7.76. The van der Waals surface area contributed by atoms with Gasteiger partial charge in [0, 0.05) is 12.8 Å². The SMILES string of the molecule is CCCC[P+](CC)(CCCC)C(/C(C(C)=O)=C(/C)[O-])c1ccccc1. The molecule has 0 aromatic heterocycles. The Bertz CT molecular complexity index is 551. The molecule has 1 unspecified atom stereocenters. The number of hydrogen-bond donors (Lipinski definition) is 0. The lowest BCUT2D eigenvalue weighted by Gasteiger charge is -2.37. The van der Waals surface area contributed by atoms with Gasteiger partial charge in [-0.1, -0.05) is 63.9 Å². The Morgan fingerprint density at radius 2 is 1.52 bits per heavy atom. The van der Waals surface area contributed by atoms with E-state index in [0.717, 1.165) is 24.6 Å². The van der Waals surface area contributed by atoms with Crippen LogP contribution in [0.2, 0.25) is 0 Å². The summed E-state index contributed by atoms with van der Waals surface area (Å²) in [6, 6.07) is 10.3. The molecule has 0 N–H and O–H groups in total. The Morgan fingerprint density at radius 3 is 1.88 bits per heavy atom. The van der Waals surface area contributed by atoms with Gasteiger partial charge in [-0.3, -0.25) is 4.79 Å². The summed E-state index contributed by atoms with van der Waals surface area (Å²) < 4.78 is 0. The van der Waals surface area contributed by atoms with Gasteiger partial charge < -0.3 is 5.11 Å². The van der Waals surface area contributed by atoms with Gasteiger partial charge in [-0.15, -0.1) is 5.76 Å². The van der Waals surface area contributed by atoms with Crippen LogP contribution in [0, 0.1) is 0 Å². The maximum absolute atomic E-state index is 12.5. The van der Waals surface area contributed by atoms with Crippen LogP contribution in [0.5, 0.6) is 0 Å². The maximum atomic E-state index is 12.5. The van der Waals surface area contributed by atoms with Crippen LogP contribution in [-0.4, -0.2) is 24.3 Å². The maximum Gasteiger partial charge on any atom is 0.159 e. The molecule has 0 bridgehead atoms. The van der Waals surface area contributed by atoms with Gasteiger partial charge in [0.05, 0.1) is 18.5 Å². The third-order valence-electron chi connectivity index (χ3n) is 5.24. The predicted molar refractivity (Wildman–Crippen MR) is 110 cm³/mol. The fraction of sp³-hybridized carbons (Fsp3) is 0.591. The number of hydrogen-bond acceptors (Lipinski definition) is 2. The third kappa shape index (κ3) is 5.68. The Hall–Kier alpha value is -1.14. The molecular weight excluding hydrogens is 327 g/mol. The highest BCUT2D eigenvalue weighted by Gasteiger charge is 2.46. The van der Waals surface area contributed by atoms with E-state index in [4.69, 9.17) is 0 Å². The van der Waals surface area contributed by atoms with E-state index < -0.39 is 7.26 Å². The van der Waals surface area contributed by atoms with Crippen molar-refractivity contribution >= 4 is 13.0 Å². The van der Waals surface area contributed by atoms with Crippen molar-refractivity contribution < 1.29 is 9.90 Å². The van der Waals surface area contributed by atoms with E-state index in [1.807, 2.05) is 18.2 Å². The van der Waals surface area contributed by atoms with E-state index in [1.165, 1.54) is 25.2 Å². The summed E-state index contributed by atoms with van der Waals surface area (Å²) in [5.74, 6) is -0.0978. The molecule has 0 aliphatic rings. The van der Waals surface area contributed by atoms with Gasteiger partial charge >= 0.3 is 0 Å². The van der Waals surface area contributed by atoms with Gasteiger partial charge in [0.15, 0.2) is 5.78 Å². The summed E-state index contributed by atoms with van der Waals surface area (Å²) in [4.78, 5) is 12.5. The van der Waals surface area contributed by atoms with Crippen molar-refractivity contribution in [2.24, 2.45) is 0 Å². The summed E-state index contributed by atoms with van der Waals surface area (Å²) in [5.41, 5.74) is 1.70.